The van der Waals surface area contributed by atoms with Gasteiger partial charge in [0.05, 0.1) is 18.7 Å². The molecule has 1 aliphatic rings. The SMILES string of the molecule is COc1ccc(N2CC(NC(=O)c3ccccc3Br)CC2=O)cc1. The molecule has 1 heterocycles. The molecule has 0 aromatic heterocycles. The molecule has 1 unspecified atom stereocenters. The van der Waals surface area contributed by atoms with Crippen LogP contribution < -0.4 is 15.0 Å². The number of nitrogens with one attached hydrogen (secondary N) is 1. The van der Waals surface area contributed by atoms with Gasteiger partial charge in [0.1, 0.15) is 5.75 Å². The van der Waals surface area contributed by atoms with Gasteiger partial charge in [-0.3, -0.25) is 9.59 Å². The molecule has 1 aliphatic heterocycles. The third kappa shape index (κ3) is 3.43. The van der Waals surface area contributed by atoms with Crippen molar-refractivity contribution in [3.8, 4) is 5.75 Å². The zero-order chi connectivity index (χ0) is 17.1. The number of amides is 2. The summed E-state index contributed by atoms with van der Waals surface area (Å²) < 4.78 is 5.86. The maximum Gasteiger partial charge on any atom is 0.252 e. The van der Waals surface area contributed by atoms with Crippen LogP contribution in [0.3, 0.4) is 0 Å². The Morgan fingerprint density at radius 2 is 1.92 bits per heavy atom. The summed E-state index contributed by atoms with van der Waals surface area (Å²) in [6, 6.07) is 14.3. The zero-order valence-electron chi connectivity index (χ0n) is 13.2. The first kappa shape index (κ1) is 16.5. The second kappa shape index (κ2) is 7.05. The standard InChI is InChI=1S/C18H17BrN2O3/c1-24-14-8-6-13(7-9-14)21-11-12(10-17(21)22)20-18(23)15-4-2-3-5-16(15)19/h2-9,12H,10-11H2,1H3,(H,20,23). The third-order valence-electron chi connectivity index (χ3n) is 3.96. The molecule has 1 fully saturated rings. The van der Waals surface area contributed by atoms with Crippen molar-refractivity contribution >= 4 is 33.4 Å². The number of benzene rings is 2. The number of anilines is 1. The van der Waals surface area contributed by atoms with Gasteiger partial charge in [0, 0.05) is 23.1 Å². The van der Waals surface area contributed by atoms with Crippen LogP contribution >= 0.6 is 15.9 Å². The quantitative estimate of drug-likeness (QED) is 0.875. The van der Waals surface area contributed by atoms with E-state index in [1.54, 1.807) is 18.1 Å². The average molecular weight is 389 g/mol. The molecule has 24 heavy (non-hydrogen) atoms. The molecule has 0 aliphatic carbocycles. The van der Waals surface area contributed by atoms with Gasteiger partial charge in [0.15, 0.2) is 0 Å². The second-order valence-electron chi connectivity index (χ2n) is 5.56. The number of hydrogen-bond donors (Lipinski definition) is 1. The molecular formula is C18H17BrN2O3. The predicted molar refractivity (Wildman–Crippen MR) is 95.4 cm³/mol. The van der Waals surface area contributed by atoms with Crippen LogP contribution in [-0.4, -0.2) is 31.5 Å². The number of ether oxygens (including phenoxy) is 1. The van der Waals surface area contributed by atoms with Crippen LogP contribution in [-0.2, 0) is 4.79 Å². The van der Waals surface area contributed by atoms with Gasteiger partial charge in [0.25, 0.3) is 5.91 Å². The Morgan fingerprint density at radius 1 is 1.21 bits per heavy atom. The highest BCUT2D eigenvalue weighted by Crippen LogP contribution is 2.24. The fraction of sp³-hybridized carbons (Fsp3) is 0.222. The van der Waals surface area contributed by atoms with E-state index >= 15 is 0 Å². The first-order valence-electron chi connectivity index (χ1n) is 7.58. The minimum atomic E-state index is -0.209. The van der Waals surface area contributed by atoms with Gasteiger partial charge >= 0.3 is 0 Å². The normalized spacial score (nSPS) is 17.0. The van der Waals surface area contributed by atoms with E-state index in [9.17, 15) is 9.59 Å². The molecule has 6 heteroatoms. The highest BCUT2D eigenvalue weighted by atomic mass is 79.9. The summed E-state index contributed by atoms with van der Waals surface area (Å²) in [5.74, 6) is 0.554. The summed E-state index contributed by atoms with van der Waals surface area (Å²) in [5, 5.41) is 2.93. The molecule has 0 saturated carbocycles. The number of halogens is 1. The molecule has 2 aromatic carbocycles. The van der Waals surface area contributed by atoms with Crippen LogP contribution in [0.5, 0.6) is 5.75 Å². The molecule has 1 atom stereocenters. The first-order chi connectivity index (χ1) is 11.6. The minimum absolute atomic E-state index is 0.00223. The Morgan fingerprint density at radius 3 is 2.58 bits per heavy atom. The number of hydrogen-bond acceptors (Lipinski definition) is 3. The Kier molecular flexibility index (Phi) is 4.85. The maximum atomic E-state index is 12.4. The van der Waals surface area contributed by atoms with Crippen molar-refractivity contribution in [1.82, 2.24) is 5.32 Å². The molecule has 2 aromatic rings. The molecule has 3 rings (SSSR count). The van der Waals surface area contributed by atoms with Crippen LogP contribution in [0, 0.1) is 0 Å². The number of rotatable bonds is 4. The van der Waals surface area contributed by atoms with Crippen molar-refractivity contribution in [2.24, 2.45) is 0 Å². The second-order valence-corrected chi connectivity index (χ2v) is 6.41. The topological polar surface area (TPSA) is 58.6 Å². The van der Waals surface area contributed by atoms with Gasteiger partial charge in [0.2, 0.25) is 5.91 Å². The lowest BCUT2D eigenvalue weighted by Gasteiger charge is -2.17. The number of carbonyl (C=O) groups excluding carboxylic acids is 2. The molecular weight excluding hydrogens is 372 g/mol. The van der Waals surface area contributed by atoms with Crippen molar-refractivity contribution < 1.29 is 14.3 Å². The molecule has 124 valence electrons. The predicted octanol–water partition coefficient (Wildman–Crippen LogP) is 2.99. The highest BCUT2D eigenvalue weighted by molar-refractivity contribution is 9.10. The van der Waals surface area contributed by atoms with E-state index in [-0.39, 0.29) is 17.9 Å². The molecule has 1 N–H and O–H groups in total. The van der Waals surface area contributed by atoms with Crippen LogP contribution in [0.4, 0.5) is 5.69 Å². The summed E-state index contributed by atoms with van der Waals surface area (Å²) in [6.45, 7) is 0.460. The van der Waals surface area contributed by atoms with Crippen LogP contribution in [0.1, 0.15) is 16.8 Å². The number of nitrogens with zero attached hydrogens (tertiary/aromatic N) is 1. The summed E-state index contributed by atoms with van der Waals surface area (Å²) in [6.07, 6.45) is 0.294. The highest BCUT2D eigenvalue weighted by Gasteiger charge is 2.31. The lowest BCUT2D eigenvalue weighted by atomic mass is 10.2. The Hall–Kier alpha value is -2.34. The molecule has 5 nitrogen and oxygen atoms in total. The van der Waals surface area contributed by atoms with E-state index in [0.717, 1.165) is 15.9 Å². The fourth-order valence-electron chi connectivity index (χ4n) is 2.72. The zero-order valence-corrected chi connectivity index (χ0v) is 14.7. The average Bonchev–Trinajstić information content (AvgIpc) is 2.95. The van der Waals surface area contributed by atoms with Crippen molar-refractivity contribution in [2.75, 3.05) is 18.6 Å². The fourth-order valence-corrected chi connectivity index (χ4v) is 3.19. The van der Waals surface area contributed by atoms with E-state index in [4.69, 9.17) is 4.74 Å². The smallest absolute Gasteiger partial charge is 0.252 e. The van der Waals surface area contributed by atoms with E-state index in [1.807, 2.05) is 42.5 Å². The molecule has 0 radical (unpaired) electrons. The Bertz CT molecular complexity index is 761. The minimum Gasteiger partial charge on any atom is -0.497 e. The summed E-state index contributed by atoms with van der Waals surface area (Å²) in [4.78, 5) is 26.3. The Balaban J connectivity index is 1.68. The lowest BCUT2D eigenvalue weighted by molar-refractivity contribution is -0.117. The molecule has 1 saturated heterocycles. The summed E-state index contributed by atoms with van der Waals surface area (Å²) in [5.41, 5.74) is 1.37. The van der Waals surface area contributed by atoms with Gasteiger partial charge in [-0.1, -0.05) is 12.1 Å². The van der Waals surface area contributed by atoms with E-state index in [2.05, 4.69) is 21.2 Å². The van der Waals surface area contributed by atoms with Crippen molar-refractivity contribution in [3.63, 3.8) is 0 Å². The van der Waals surface area contributed by atoms with Gasteiger partial charge in [-0.2, -0.15) is 0 Å². The first-order valence-corrected chi connectivity index (χ1v) is 8.37. The largest absolute Gasteiger partial charge is 0.497 e. The Labute approximate surface area is 148 Å². The lowest BCUT2D eigenvalue weighted by Crippen LogP contribution is -2.37. The summed E-state index contributed by atoms with van der Waals surface area (Å²) in [7, 11) is 1.60. The van der Waals surface area contributed by atoms with Crippen LogP contribution in [0.15, 0.2) is 53.0 Å². The number of carbonyl (C=O) groups is 2. The monoisotopic (exact) mass is 388 g/mol. The van der Waals surface area contributed by atoms with Crippen molar-refractivity contribution in [2.45, 2.75) is 12.5 Å². The van der Waals surface area contributed by atoms with Crippen LogP contribution in [0.2, 0.25) is 0 Å². The van der Waals surface area contributed by atoms with Crippen LogP contribution in [0.25, 0.3) is 0 Å². The van der Waals surface area contributed by atoms with Gasteiger partial charge < -0.3 is 15.0 Å². The van der Waals surface area contributed by atoms with E-state index in [0.29, 0.717) is 18.5 Å². The van der Waals surface area contributed by atoms with Gasteiger partial charge in [-0.05, 0) is 52.3 Å². The van der Waals surface area contributed by atoms with E-state index < -0.39 is 0 Å². The van der Waals surface area contributed by atoms with E-state index in [1.165, 1.54) is 0 Å². The molecule has 2 amide bonds. The molecule has 0 spiro atoms. The van der Waals surface area contributed by atoms with Gasteiger partial charge in [-0.15, -0.1) is 0 Å². The molecule has 0 bridgehead atoms. The third-order valence-corrected chi connectivity index (χ3v) is 4.65. The van der Waals surface area contributed by atoms with Crippen molar-refractivity contribution in [1.29, 1.82) is 0 Å². The number of methoxy groups -OCH3 is 1. The summed E-state index contributed by atoms with van der Waals surface area (Å²) >= 11 is 3.37. The maximum absolute atomic E-state index is 12.4. The van der Waals surface area contributed by atoms with Gasteiger partial charge in [-0.25, -0.2) is 0 Å². The van der Waals surface area contributed by atoms with Crippen molar-refractivity contribution in [3.05, 3.63) is 58.6 Å².